The van der Waals surface area contributed by atoms with Gasteiger partial charge < -0.3 is 9.42 Å². The molecule has 3 rings (SSSR count). The number of hydrogen-bond donors (Lipinski definition) is 0. The number of amides is 1. The maximum Gasteiger partial charge on any atom is 0.223 e. The van der Waals surface area contributed by atoms with Crippen molar-refractivity contribution >= 4 is 5.91 Å². The van der Waals surface area contributed by atoms with Crippen molar-refractivity contribution in [1.29, 1.82) is 0 Å². The van der Waals surface area contributed by atoms with Crippen molar-refractivity contribution in [3.8, 4) is 0 Å². The van der Waals surface area contributed by atoms with Crippen LogP contribution in [0.3, 0.4) is 0 Å². The van der Waals surface area contributed by atoms with Crippen LogP contribution in [0.15, 0.2) is 28.8 Å². The Kier molecular flexibility index (Phi) is 5.71. The van der Waals surface area contributed by atoms with E-state index in [1.807, 2.05) is 25.7 Å². The van der Waals surface area contributed by atoms with Crippen LogP contribution in [0.2, 0.25) is 0 Å². The molecule has 1 amide bonds. The van der Waals surface area contributed by atoms with Crippen molar-refractivity contribution in [2.24, 2.45) is 0 Å². The third kappa shape index (κ3) is 4.30. The predicted octanol–water partition coefficient (Wildman–Crippen LogP) is 3.27. The Balaban J connectivity index is 1.49. The van der Waals surface area contributed by atoms with Crippen LogP contribution in [0.4, 0.5) is 4.39 Å². The maximum absolute atomic E-state index is 13.0. The summed E-state index contributed by atoms with van der Waals surface area (Å²) in [6.07, 6.45) is 0.454. The van der Waals surface area contributed by atoms with E-state index in [1.165, 1.54) is 12.1 Å². The molecule has 0 aliphatic carbocycles. The highest BCUT2D eigenvalue weighted by molar-refractivity contribution is 5.77. The minimum Gasteiger partial charge on any atom is -0.361 e. The third-order valence-corrected chi connectivity index (χ3v) is 5.21. The summed E-state index contributed by atoms with van der Waals surface area (Å²) >= 11 is 0. The first kappa shape index (κ1) is 18.6. The molecule has 0 saturated carbocycles. The molecule has 1 aromatic carbocycles. The van der Waals surface area contributed by atoms with Crippen molar-refractivity contribution in [3.05, 3.63) is 52.7 Å². The Bertz CT molecular complexity index is 729. The van der Waals surface area contributed by atoms with Crippen molar-refractivity contribution in [1.82, 2.24) is 15.0 Å². The van der Waals surface area contributed by atoms with Crippen molar-refractivity contribution in [2.75, 3.05) is 26.2 Å². The van der Waals surface area contributed by atoms with Crippen LogP contribution in [0.1, 0.15) is 41.8 Å². The monoisotopic (exact) mass is 359 g/mol. The number of piperazine rings is 1. The Hall–Kier alpha value is -2.21. The number of nitrogens with zero attached hydrogens (tertiary/aromatic N) is 3. The summed E-state index contributed by atoms with van der Waals surface area (Å²) in [6.45, 7) is 9.89. The lowest BCUT2D eigenvalue weighted by Crippen LogP contribution is -2.48. The molecule has 1 aliphatic heterocycles. The van der Waals surface area contributed by atoms with Gasteiger partial charge in [-0.3, -0.25) is 9.69 Å². The van der Waals surface area contributed by atoms with Crippen LogP contribution in [0, 0.1) is 19.7 Å². The molecule has 5 nitrogen and oxygen atoms in total. The minimum atomic E-state index is -0.248. The number of rotatable bonds is 5. The van der Waals surface area contributed by atoms with Crippen LogP contribution in [-0.4, -0.2) is 47.0 Å². The largest absolute Gasteiger partial charge is 0.361 e. The molecule has 1 atom stereocenters. The first-order valence-electron chi connectivity index (χ1n) is 9.11. The average Bonchev–Trinajstić information content (AvgIpc) is 2.94. The van der Waals surface area contributed by atoms with E-state index in [0.29, 0.717) is 6.42 Å². The van der Waals surface area contributed by atoms with E-state index in [-0.39, 0.29) is 17.6 Å². The van der Waals surface area contributed by atoms with Crippen LogP contribution in [0.5, 0.6) is 0 Å². The smallest absolute Gasteiger partial charge is 0.223 e. The Morgan fingerprint density at radius 3 is 2.42 bits per heavy atom. The summed E-state index contributed by atoms with van der Waals surface area (Å²) in [5.41, 5.74) is 3.08. The molecule has 1 aromatic heterocycles. The highest BCUT2D eigenvalue weighted by Gasteiger charge is 2.24. The number of aryl methyl sites for hydroxylation is 2. The second-order valence-electron chi connectivity index (χ2n) is 7.12. The van der Waals surface area contributed by atoms with Crippen molar-refractivity contribution < 1.29 is 13.7 Å². The van der Waals surface area contributed by atoms with Gasteiger partial charge in [0, 0.05) is 44.7 Å². The second kappa shape index (κ2) is 7.99. The molecule has 1 saturated heterocycles. The van der Waals surface area contributed by atoms with Gasteiger partial charge in [0.15, 0.2) is 0 Å². The summed E-state index contributed by atoms with van der Waals surface area (Å²) in [7, 11) is 0. The molecule has 0 spiro atoms. The predicted molar refractivity (Wildman–Crippen MR) is 97.3 cm³/mol. The normalized spacial score (nSPS) is 16.7. The lowest BCUT2D eigenvalue weighted by molar-refractivity contribution is -0.133. The first-order chi connectivity index (χ1) is 12.4. The van der Waals surface area contributed by atoms with E-state index in [0.717, 1.165) is 55.3 Å². The number of halogens is 1. The first-order valence-corrected chi connectivity index (χ1v) is 9.11. The zero-order chi connectivity index (χ0) is 18.7. The van der Waals surface area contributed by atoms with E-state index >= 15 is 0 Å². The molecular formula is C20H26FN3O2. The molecule has 1 unspecified atom stereocenters. The minimum absolute atomic E-state index is 0.0865. The molecule has 2 heterocycles. The molecule has 0 radical (unpaired) electrons. The third-order valence-electron chi connectivity index (χ3n) is 5.21. The Morgan fingerprint density at radius 1 is 1.19 bits per heavy atom. The standard InChI is InChI=1S/C20H26FN3O2/c1-14(17-4-6-18(21)7-5-17)12-20(25)24-10-8-23(9-11-24)13-19-15(2)22-26-16(19)3/h4-7,14H,8-13H2,1-3H3. The lowest BCUT2D eigenvalue weighted by Gasteiger charge is -2.35. The summed E-state index contributed by atoms with van der Waals surface area (Å²) < 4.78 is 18.3. The van der Waals surface area contributed by atoms with Crippen LogP contribution >= 0.6 is 0 Å². The zero-order valence-corrected chi connectivity index (χ0v) is 15.7. The topological polar surface area (TPSA) is 49.6 Å². The molecule has 0 N–H and O–H groups in total. The van der Waals surface area contributed by atoms with E-state index in [1.54, 1.807) is 12.1 Å². The van der Waals surface area contributed by atoms with E-state index < -0.39 is 0 Å². The summed E-state index contributed by atoms with van der Waals surface area (Å²) in [6, 6.07) is 6.41. The van der Waals surface area contributed by atoms with Gasteiger partial charge >= 0.3 is 0 Å². The zero-order valence-electron chi connectivity index (χ0n) is 15.7. The molecule has 2 aromatic rings. The van der Waals surface area contributed by atoms with Gasteiger partial charge in [-0.05, 0) is 37.5 Å². The summed E-state index contributed by atoms with van der Waals surface area (Å²) in [4.78, 5) is 16.9. The fraction of sp³-hybridized carbons (Fsp3) is 0.500. The lowest BCUT2D eigenvalue weighted by atomic mass is 9.97. The Labute approximate surface area is 153 Å². The SMILES string of the molecule is Cc1noc(C)c1CN1CCN(C(=O)CC(C)c2ccc(F)cc2)CC1. The highest BCUT2D eigenvalue weighted by atomic mass is 19.1. The number of hydrogen-bond acceptors (Lipinski definition) is 4. The quantitative estimate of drug-likeness (QED) is 0.822. The number of carbonyl (C=O) groups is 1. The van der Waals surface area contributed by atoms with Crippen LogP contribution in [0.25, 0.3) is 0 Å². The van der Waals surface area contributed by atoms with E-state index in [9.17, 15) is 9.18 Å². The highest BCUT2D eigenvalue weighted by Crippen LogP contribution is 2.21. The van der Waals surface area contributed by atoms with Crippen LogP contribution in [-0.2, 0) is 11.3 Å². The second-order valence-corrected chi connectivity index (χ2v) is 7.12. The Morgan fingerprint density at radius 2 is 1.85 bits per heavy atom. The van der Waals surface area contributed by atoms with Gasteiger partial charge in [-0.25, -0.2) is 4.39 Å². The molecule has 1 aliphatic rings. The number of carbonyl (C=O) groups excluding carboxylic acids is 1. The van der Waals surface area contributed by atoms with Gasteiger partial charge in [0.2, 0.25) is 5.91 Å². The summed E-state index contributed by atoms with van der Waals surface area (Å²) in [5, 5.41) is 4.00. The molecule has 0 bridgehead atoms. The molecule has 1 fully saturated rings. The maximum atomic E-state index is 13.0. The fourth-order valence-corrected chi connectivity index (χ4v) is 3.41. The van der Waals surface area contributed by atoms with Crippen LogP contribution < -0.4 is 0 Å². The van der Waals surface area contributed by atoms with Gasteiger partial charge in [0.1, 0.15) is 11.6 Å². The molecule has 140 valence electrons. The molecular weight excluding hydrogens is 333 g/mol. The molecule has 6 heteroatoms. The van der Waals surface area contributed by atoms with Crippen molar-refractivity contribution in [3.63, 3.8) is 0 Å². The molecule has 26 heavy (non-hydrogen) atoms. The fourth-order valence-electron chi connectivity index (χ4n) is 3.41. The van der Waals surface area contributed by atoms with Gasteiger partial charge in [-0.1, -0.05) is 24.2 Å². The van der Waals surface area contributed by atoms with Gasteiger partial charge in [-0.2, -0.15) is 0 Å². The van der Waals surface area contributed by atoms with Gasteiger partial charge in [0.05, 0.1) is 5.69 Å². The number of benzene rings is 1. The number of aromatic nitrogens is 1. The van der Waals surface area contributed by atoms with Gasteiger partial charge in [-0.15, -0.1) is 0 Å². The average molecular weight is 359 g/mol. The summed E-state index contributed by atoms with van der Waals surface area (Å²) in [5.74, 6) is 0.873. The van der Waals surface area contributed by atoms with Crippen molar-refractivity contribution in [2.45, 2.75) is 39.7 Å². The van der Waals surface area contributed by atoms with E-state index in [2.05, 4.69) is 10.1 Å². The van der Waals surface area contributed by atoms with E-state index in [4.69, 9.17) is 4.52 Å². The van der Waals surface area contributed by atoms with Gasteiger partial charge in [0.25, 0.3) is 0 Å².